The first-order chi connectivity index (χ1) is 8.97. The van der Waals surface area contributed by atoms with E-state index in [-0.39, 0.29) is 16.6 Å². The molecule has 0 aliphatic rings. The van der Waals surface area contributed by atoms with Gasteiger partial charge in [0, 0.05) is 11.8 Å². The van der Waals surface area contributed by atoms with Crippen molar-refractivity contribution in [3.05, 3.63) is 51.6 Å². The van der Waals surface area contributed by atoms with Crippen molar-refractivity contribution in [3.63, 3.8) is 0 Å². The molecule has 98 valence electrons. The Morgan fingerprint density at radius 1 is 1.32 bits per heavy atom. The van der Waals surface area contributed by atoms with Gasteiger partial charge in [0.25, 0.3) is 5.91 Å². The molecule has 2 rings (SSSR count). The van der Waals surface area contributed by atoms with Crippen molar-refractivity contribution in [1.82, 2.24) is 4.98 Å². The molecule has 1 aromatic heterocycles. The van der Waals surface area contributed by atoms with E-state index in [0.29, 0.717) is 16.1 Å². The maximum Gasteiger partial charge on any atom is 0.256 e. The van der Waals surface area contributed by atoms with E-state index in [0.717, 1.165) is 0 Å². The number of phenolic OH excluding ortho intramolecular Hbond substituents is 1. The molecule has 1 amide bonds. The van der Waals surface area contributed by atoms with E-state index in [1.807, 2.05) is 0 Å². The Labute approximate surface area is 120 Å². The van der Waals surface area contributed by atoms with Crippen LogP contribution in [0.3, 0.4) is 0 Å². The number of aromatic hydroxyl groups is 1. The molecule has 2 aromatic rings. The fourth-order valence-corrected chi connectivity index (χ4v) is 1.86. The molecule has 0 bridgehead atoms. The number of nitrogens with one attached hydrogen (secondary N) is 1. The lowest BCUT2D eigenvalue weighted by molar-refractivity contribution is 0.102. The number of halogens is 2. The second-order valence-corrected chi connectivity index (χ2v) is 4.78. The van der Waals surface area contributed by atoms with Crippen LogP contribution in [-0.2, 0) is 0 Å². The largest absolute Gasteiger partial charge is 0.508 e. The lowest BCUT2D eigenvalue weighted by Crippen LogP contribution is -2.13. The molecule has 0 atom stereocenters. The van der Waals surface area contributed by atoms with Crippen molar-refractivity contribution in [2.24, 2.45) is 0 Å². The van der Waals surface area contributed by atoms with E-state index in [9.17, 15) is 9.90 Å². The first-order valence-corrected chi connectivity index (χ1v) is 6.15. The molecule has 1 heterocycles. The van der Waals surface area contributed by atoms with Gasteiger partial charge < -0.3 is 10.4 Å². The number of hydrogen-bond acceptors (Lipinski definition) is 3. The molecule has 0 aliphatic carbocycles. The SMILES string of the molecule is Cc1ccc(C(=O)Nc2ncc(Cl)cc2Cl)cc1O. The van der Waals surface area contributed by atoms with Crippen molar-refractivity contribution in [1.29, 1.82) is 0 Å². The number of aromatic nitrogens is 1. The molecular formula is C13H10Cl2N2O2. The molecule has 1 aromatic carbocycles. The first-order valence-electron chi connectivity index (χ1n) is 5.39. The van der Waals surface area contributed by atoms with Crippen LogP contribution in [0.4, 0.5) is 5.82 Å². The number of carbonyl (C=O) groups excluding carboxylic acids is 1. The lowest BCUT2D eigenvalue weighted by atomic mass is 10.1. The molecule has 0 radical (unpaired) electrons. The second kappa shape index (κ2) is 5.47. The quantitative estimate of drug-likeness (QED) is 0.889. The molecule has 0 spiro atoms. The summed E-state index contributed by atoms with van der Waals surface area (Å²) in [4.78, 5) is 15.9. The van der Waals surface area contributed by atoms with Gasteiger partial charge >= 0.3 is 0 Å². The maximum absolute atomic E-state index is 12.0. The summed E-state index contributed by atoms with van der Waals surface area (Å²) >= 11 is 11.6. The third-order valence-corrected chi connectivity index (χ3v) is 3.01. The molecule has 0 saturated carbocycles. The maximum atomic E-state index is 12.0. The van der Waals surface area contributed by atoms with Crippen molar-refractivity contribution >= 4 is 34.9 Å². The van der Waals surface area contributed by atoms with Crippen LogP contribution in [0.1, 0.15) is 15.9 Å². The highest BCUT2D eigenvalue weighted by molar-refractivity contribution is 6.36. The fourth-order valence-electron chi connectivity index (χ4n) is 1.44. The topological polar surface area (TPSA) is 62.2 Å². The number of nitrogens with zero attached hydrogens (tertiary/aromatic N) is 1. The van der Waals surface area contributed by atoms with E-state index >= 15 is 0 Å². The van der Waals surface area contributed by atoms with Crippen molar-refractivity contribution in [3.8, 4) is 5.75 Å². The van der Waals surface area contributed by atoms with E-state index in [4.69, 9.17) is 23.2 Å². The third kappa shape index (κ3) is 3.16. The summed E-state index contributed by atoms with van der Waals surface area (Å²) in [6, 6.07) is 6.13. The standard InChI is InChI=1S/C13H10Cl2N2O2/c1-7-2-3-8(4-11(7)18)13(19)17-12-10(15)5-9(14)6-16-12/h2-6,18H,1H3,(H,16,17,19). The zero-order valence-corrected chi connectivity index (χ0v) is 11.5. The molecule has 19 heavy (non-hydrogen) atoms. The molecule has 0 aliphatic heterocycles. The van der Waals surface area contributed by atoms with Gasteiger partial charge in [-0.05, 0) is 30.7 Å². The number of hydrogen-bond donors (Lipinski definition) is 2. The Bertz CT molecular complexity index is 645. The summed E-state index contributed by atoms with van der Waals surface area (Å²) in [5.74, 6) is -0.133. The van der Waals surface area contributed by atoms with Gasteiger partial charge in [-0.15, -0.1) is 0 Å². The Morgan fingerprint density at radius 2 is 2.05 bits per heavy atom. The smallest absolute Gasteiger partial charge is 0.256 e. The summed E-state index contributed by atoms with van der Waals surface area (Å²) in [6.45, 7) is 1.74. The second-order valence-electron chi connectivity index (χ2n) is 3.94. The van der Waals surface area contributed by atoms with Gasteiger partial charge in [0.15, 0.2) is 5.82 Å². The molecule has 0 saturated heterocycles. The zero-order chi connectivity index (χ0) is 14.0. The summed E-state index contributed by atoms with van der Waals surface area (Å²) < 4.78 is 0. The van der Waals surface area contributed by atoms with Gasteiger partial charge in [-0.25, -0.2) is 4.98 Å². The monoisotopic (exact) mass is 296 g/mol. The van der Waals surface area contributed by atoms with Crippen LogP contribution < -0.4 is 5.32 Å². The number of aryl methyl sites for hydroxylation is 1. The lowest BCUT2D eigenvalue weighted by Gasteiger charge is -2.07. The Balaban J connectivity index is 2.23. The van der Waals surface area contributed by atoms with E-state index in [1.54, 1.807) is 19.1 Å². The van der Waals surface area contributed by atoms with Crippen LogP contribution in [0, 0.1) is 6.92 Å². The highest BCUT2D eigenvalue weighted by Crippen LogP contribution is 2.24. The Morgan fingerprint density at radius 3 is 2.68 bits per heavy atom. The number of rotatable bonds is 2. The van der Waals surface area contributed by atoms with E-state index < -0.39 is 5.91 Å². The number of anilines is 1. The summed E-state index contributed by atoms with van der Waals surface area (Å²) in [5.41, 5.74) is 1.01. The van der Waals surface area contributed by atoms with Crippen LogP contribution in [-0.4, -0.2) is 16.0 Å². The number of pyridine rings is 1. The van der Waals surface area contributed by atoms with Gasteiger partial charge in [0.1, 0.15) is 5.75 Å². The molecule has 0 fully saturated rings. The van der Waals surface area contributed by atoms with Crippen molar-refractivity contribution < 1.29 is 9.90 Å². The van der Waals surface area contributed by atoms with Gasteiger partial charge in [-0.3, -0.25) is 4.79 Å². The summed E-state index contributed by atoms with van der Waals surface area (Å²) in [6.07, 6.45) is 1.38. The van der Waals surface area contributed by atoms with Crippen LogP contribution in [0.5, 0.6) is 5.75 Å². The van der Waals surface area contributed by atoms with Crippen LogP contribution in [0.25, 0.3) is 0 Å². The highest BCUT2D eigenvalue weighted by Gasteiger charge is 2.11. The summed E-state index contributed by atoms with van der Waals surface area (Å²) in [5, 5.41) is 12.7. The fraction of sp³-hybridized carbons (Fsp3) is 0.0769. The van der Waals surface area contributed by atoms with Gasteiger partial charge in [0.2, 0.25) is 0 Å². The minimum atomic E-state index is -0.410. The van der Waals surface area contributed by atoms with Crippen LogP contribution in [0.2, 0.25) is 10.0 Å². The highest BCUT2D eigenvalue weighted by atomic mass is 35.5. The minimum absolute atomic E-state index is 0.0582. The van der Waals surface area contributed by atoms with Crippen LogP contribution in [0.15, 0.2) is 30.5 Å². The number of amides is 1. The molecule has 2 N–H and O–H groups in total. The first kappa shape index (κ1) is 13.6. The van der Waals surface area contributed by atoms with Crippen molar-refractivity contribution in [2.75, 3.05) is 5.32 Å². The molecule has 6 heteroatoms. The molecule has 0 unspecified atom stereocenters. The van der Waals surface area contributed by atoms with E-state index in [2.05, 4.69) is 10.3 Å². The summed E-state index contributed by atoms with van der Waals surface area (Å²) in [7, 11) is 0. The predicted octanol–water partition coefficient (Wildman–Crippen LogP) is 3.65. The average Bonchev–Trinajstić information content (AvgIpc) is 2.36. The van der Waals surface area contributed by atoms with Gasteiger partial charge in [0.05, 0.1) is 10.0 Å². The third-order valence-electron chi connectivity index (χ3n) is 2.51. The van der Waals surface area contributed by atoms with Crippen LogP contribution >= 0.6 is 23.2 Å². The van der Waals surface area contributed by atoms with E-state index in [1.165, 1.54) is 18.3 Å². The van der Waals surface area contributed by atoms with Gasteiger partial charge in [-0.2, -0.15) is 0 Å². The number of phenols is 1. The minimum Gasteiger partial charge on any atom is -0.508 e. The normalized spacial score (nSPS) is 10.3. The molecule has 4 nitrogen and oxygen atoms in total. The molecular weight excluding hydrogens is 287 g/mol. The number of carbonyl (C=O) groups is 1. The van der Waals surface area contributed by atoms with Gasteiger partial charge in [-0.1, -0.05) is 29.3 Å². The predicted molar refractivity (Wildman–Crippen MR) is 75.1 cm³/mol. The zero-order valence-electron chi connectivity index (χ0n) is 9.95. The average molecular weight is 297 g/mol. The van der Waals surface area contributed by atoms with Crippen molar-refractivity contribution in [2.45, 2.75) is 6.92 Å². The number of benzene rings is 1. The Kier molecular flexibility index (Phi) is 3.93. The Hall–Kier alpha value is -1.78.